The molecule has 0 bridgehead atoms. The number of β-amino-alcohol motifs (C(OH)–C–C–N with tert-alkyl or cyclic N) is 1. The maximum atomic E-state index is 10.5. The van der Waals surface area contributed by atoms with Crippen molar-refractivity contribution in [2.45, 2.75) is 12.1 Å². The van der Waals surface area contributed by atoms with Crippen molar-refractivity contribution in [3.05, 3.63) is 90.3 Å². The molecule has 0 saturated carbocycles. The first-order valence-electron chi connectivity index (χ1n) is 11.3. The normalized spacial score (nSPS) is 16.3. The lowest BCUT2D eigenvalue weighted by Crippen LogP contribution is -2.50. The molecule has 1 aliphatic heterocycles. The Bertz CT molecular complexity index is 1110. The smallest absolute Gasteiger partial charge is 0.231 e. The number of aromatic nitrogens is 4. The summed E-state index contributed by atoms with van der Waals surface area (Å²) in [6, 6.07) is 25.1. The molecule has 0 spiro atoms. The molecular formula is C25H28N6O2. The SMILES string of the molecule is OC(COc1ccc2nncn2n1)CN1CCN(C(c2ccccc2)c2ccccc2)CC1. The molecule has 8 nitrogen and oxygen atoms in total. The van der Waals surface area contributed by atoms with Crippen LogP contribution in [-0.2, 0) is 0 Å². The van der Waals surface area contributed by atoms with Crippen LogP contribution in [0.1, 0.15) is 17.2 Å². The number of hydrogen-bond acceptors (Lipinski definition) is 7. The zero-order chi connectivity index (χ0) is 22.5. The molecule has 1 atom stereocenters. The standard InChI is InChI=1S/C25H28N6O2/c32-22(18-33-24-12-11-23-27-26-19-31(23)28-24)17-29-13-15-30(16-14-29)25(20-7-3-1-4-8-20)21-9-5-2-6-10-21/h1-12,19,22,25,32H,13-18H2. The zero-order valence-corrected chi connectivity index (χ0v) is 18.4. The van der Waals surface area contributed by atoms with Gasteiger partial charge < -0.3 is 9.84 Å². The highest BCUT2D eigenvalue weighted by Gasteiger charge is 2.27. The molecule has 0 amide bonds. The number of aliphatic hydroxyl groups excluding tert-OH is 1. The largest absolute Gasteiger partial charge is 0.474 e. The molecule has 2 aromatic heterocycles. The summed E-state index contributed by atoms with van der Waals surface area (Å²) in [5.41, 5.74) is 3.27. The first kappa shape index (κ1) is 21.5. The van der Waals surface area contributed by atoms with E-state index in [1.807, 2.05) is 0 Å². The molecule has 3 heterocycles. The van der Waals surface area contributed by atoms with Crippen LogP contribution < -0.4 is 4.74 Å². The fourth-order valence-electron chi connectivity index (χ4n) is 4.41. The number of ether oxygens (including phenoxy) is 1. The highest BCUT2D eigenvalue weighted by atomic mass is 16.5. The van der Waals surface area contributed by atoms with E-state index in [0.717, 1.165) is 26.2 Å². The Labute approximate surface area is 193 Å². The lowest BCUT2D eigenvalue weighted by atomic mass is 9.96. The molecule has 5 rings (SSSR count). The minimum absolute atomic E-state index is 0.192. The lowest BCUT2D eigenvalue weighted by Gasteiger charge is -2.40. The van der Waals surface area contributed by atoms with Gasteiger partial charge in [-0.25, -0.2) is 0 Å². The van der Waals surface area contributed by atoms with E-state index in [2.05, 4.69) is 85.8 Å². The summed E-state index contributed by atoms with van der Waals surface area (Å²) in [5.74, 6) is 0.444. The van der Waals surface area contributed by atoms with Gasteiger partial charge in [-0.2, -0.15) is 4.52 Å². The molecule has 8 heteroatoms. The van der Waals surface area contributed by atoms with Gasteiger partial charge in [-0.05, 0) is 17.2 Å². The Kier molecular flexibility index (Phi) is 6.57. The Balaban J connectivity index is 1.16. The molecule has 2 aromatic carbocycles. The van der Waals surface area contributed by atoms with Gasteiger partial charge >= 0.3 is 0 Å². The van der Waals surface area contributed by atoms with Crippen LogP contribution in [0.3, 0.4) is 0 Å². The number of hydrogen-bond donors (Lipinski definition) is 1. The van der Waals surface area contributed by atoms with E-state index in [1.165, 1.54) is 17.5 Å². The summed E-state index contributed by atoms with van der Waals surface area (Å²) in [7, 11) is 0. The third kappa shape index (κ3) is 5.19. The van der Waals surface area contributed by atoms with Crippen molar-refractivity contribution < 1.29 is 9.84 Å². The van der Waals surface area contributed by atoms with E-state index < -0.39 is 6.10 Å². The molecule has 33 heavy (non-hydrogen) atoms. The Morgan fingerprint density at radius 3 is 2.18 bits per heavy atom. The fourth-order valence-corrected chi connectivity index (χ4v) is 4.41. The molecule has 1 aliphatic rings. The van der Waals surface area contributed by atoms with Crippen LogP contribution in [0.4, 0.5) is 0 Å². The second-order valence-electron chi connectivity index (χ2n) is 8.33. The highest BCUT2D eigenvalue weighted by molar-refractivity contribution is 5.35. The molecule has 170 valence electrons. The fraction of sp³-hybridized carbons (Fsp3) is 0.320. The van der Waals surface area contributed by atoms with Crippen LogP contribution in [0.15, 0.2) is 79.1 Å². The zero-order valence-electron chi connectivity index (χ0n) is 18.4. The van der Waals surface area contributed by atoms with Crippen molar-refractivity contribution in [1.29, 1.82) is 0 Å². The molecule has 0 radical (unpaired) electrons. The monoisotopic (exact) mass is 444 g/mol. The van der Waals surface area contributed by atoms with E-state index in [4.69, 9.17) is 4.74 Å². The van der Waals surface area contributed by atoms with Gasteiger partial charge in [-0.1, -0.05) is 60.7 Å². The van der Waals surface area contributed by atoms with E-state index in [1.54, 1.807) is 16.6 Å². The van der Waals surface area contributed by atoms with Gasteiger partial charge in [-0.15, -0.1) is 15.3 Å². The van der Waals surface area contributed by atoms with E-state index in [-0.39, 0.29) is 12.6 Å². The van der Waals surface area contributed by atoms with Crippen LogP contribution >= 0.6 is 0 Å². The molecule has 1 N–H and O–H groups in total. The Hall–Kier alpha value is -3.33. The van der Waals surface area contributed by atoms with Crippen LogP contribution in [0, 0.1) is 0 Å². The van der Waals surface area contributed by atoms with Crippen LogP contribution in [0.2, 0.25) is 0 Å². The Morgan fingerprint density at radius 2 is 1.52 bits per heavy atom. The van der Waals surface area contributed by atoms with Gasteiger partial charge in [0.1, 0.15) is 19.0 Å². The maximum absolute atomic E-state index is 10.5. The summed E-state index contributed by atoms with van der Waals surface area (Å²) >= 11 is 0. The third-order valence-electron chi connectivity index (χ3n) is 6.03. The summed E-state index contributed by atoms with van der Waals surface area (Å²) < 4.78 is 7.24. The minimum Gasteiger partial charge on any atom is -0.474 e. The van der Waals surface area contributed by atoms with E-state index >= 15 is 0 Å². The molecule has 4 aromatic rings. The van der Waals surface area contributed by atoms with Crippen molar-refractivity contribution in [1.82, 2.24) is 29.6 Å². The van der Waals surface area contributed by atoms with Gasteiger partial charge in [-0.3, -0.25) is 9.80 Å². The number of benzene rings is 2. The summed E-state index contributed by atoms with van der Waals surface area (Å²) in [5, 5.41) is 22.5. The average Bonchev–Trinajstić information content (AvgIpc) is 3.33. The number of nitrogens with zero attached hydrogens (tertiary/aromatic N) is 6. The summed E-state index contributed by atoms with van der Waals surface area (Å²) in [6.45, 7) is 4.44. The predicted octanol–water partition coefficient (Wildman–Crippen LogP) is 2.27. The number of fused-ring (bicyclic) bond motifs is 1. The number of rotatable bonds is 8. The van der Waals surface area contributed by atoms with E-state index in [0.29, 0.717) is 18.1 Å². The molecule has 1 saturated heterocycles. The van der Waals surface area contributed by atoms with Crippen molar-refractivity contribution in [3.8, 4) is 5.88 Å². The van der Waals surface area contributed by atoms with Gasteiger partial charge in [0.05, 0.1) is 6.04 Å². The molecular weight excluding hydrogens is 416 g/mol. The van der Waals surface area contributed by atoms with Gasteiger partial charge in [0, 0.05) is 38.8 Å². The Morgan fingerprint density at radius 1 is 0.848 bits per heavy atom. The maximum Gasteiger partial charge on any atom is 0.231 e. The molecule has 0 aliphatic carbocycles. The predicted molar refractivity (Wildman–Crippen MR) is 125 cm³/mol. The summed E-state index contributed by atoms with van der Waals surface area (Å²) in [4.78, 5) is 4.83. The first-order chi connectivity index (χ1) is 16.3. The topological polar surface area (TPSA) is 79.0 Å². The molecule has 1 fully saturated rings. The van der Waals surface area contributed by atoms with Crippen molar-refractivity contribution in [2.24, 2.45) is 0 Å². The first-order valence-corrected chi connectivity index (χ1v) is 11.3. The van der Waals surface area contributed by atoms with E-state index in [9.17, 15) is 5.11 Å². The van der Waals surface area contributed by atoms with Crippen molar-refractivity contribution >= 4 is 5.65 Å². The van der Waals surface area contributed by atoms with Gasteiger partial charge in [0.2, 0.25) is 5.88 Å². The minimum atomic E-state index is -0.589. The average molecular weight is 445 g/mol. The number of piperazine rings is 1. The second kappa shape index (κ2) is 10.1. The molecule has 1 unspecified atom stereocenters. The lowest BCUT2D eigenvalue weighted by molar-refractivity contribution is 0.0389. The third-order valence-corrected chi connectivity index (χ3v) is 6.03. The number of aliphatic hydroxyl groups is 1. The second-order valence-corrected chi connectivity index (χ2v) is 8.33. The van der Waals surface area contributed by atoms with Crippen molar-refractivity contribution in [2.75, 3.05) is 39.3 Å². The van der Waals surface area contributed by atoms with Crippen LogP contribution in [-0.4, -0.2) is 80.2 Å². The van der Waals surface area contributed by atoms with Gasteiger partial charge in [0.15, 0.2) is 5.65 Å². The van der Waals surface area contributed by atoms with Crippen LogP contribution in [0.25, 0.3) is 5.65 Å². The van der Waals surface area contributed by atoms with Crippen LogP contribution in [0.5, 0.6) is 5.88 Å². The van der Waals surface area contributed by atoms with Gasteiger partial charge in [0.25, 0.3) is 0 Å². The quantitative estimate of drug-likeness (QED) is 0.447. The van der Waals surface area contributed by atoms with Crippen molar-refractivity contribution in [3.63, 3.8) is 0 Å². The summed E-state index contributed by atoms with van der Waals surface area (Å²) in [6.07, 6.45) is 0.935. The highest BCUT2D eigenvalue weighted by Crippen LogP contribution is 2.29.